The average molecular weight is 217 g/mol. The first-order chi connectivity index (χ1) is 7.74. The third-order valence-corrected chi connectivity index (χ3v) is 2.87. The lowest BCUT2D eigenvalue weighted by atomic mass is 9.98. The van der Waals surface area contributed by atoms with E-state index in [1.165, 1.54) is 4.90 Å². The Bertz CT molecular complexity index is 426. The van der Waals surface area contributed by atoms with E-state index in [0.717, 1.165) is 18.4 Å². The monoisotopic (exact) mass is 217 g/mol. The number of carbonyl (C=O) groups excluding carboxylic acids is 2. The second-order valence-electron chi connectivity index (χ2n) is 4.04. The highest BCUT2D eigenvalue weighted by Crippen LogP contribution is 2.19. The Hall–Kier alpha value is -1.64. The minimum Gasteiger partial charge on any atom is -0.278 e. The first-order valence-electron chi connectivity index (χ1n) is 5.66. The van der Waals surface area contributed by atoms with Gasteiger partial charge < -0.3 is 0 Å². The van der Waals surface area contributed by atoms with Crippen molar-refractivity contribution in [3.05, 3.63) is 35.4 Å². The van der Waals surface area contributed by atoms with E-state index in [-0.39, 0.29) is 11.8 Å². The van der Waals surface area contributed by atoms with Gasteiger partial charge in [0.2, 0.25) is 5.91 Å². The minimum absolute atomic E-state index is 0.0721. The molecule has 1 aromatic carbocycles. The van der Waals surface area contributed by atoms with Crippen LogP contribution in [0, 0.1) is 0 Å². The zero-order valence-corrected chi connectivity index (χ0v) is 9.40. The molecule has 84 valence electrons. The van der Waals surface area contributed by atoms with Gasteiger partial charge in [-0.15, -0.1) is 0 Å². The predicted molar refractivity (Wildman–Crippen MR) is 61.1 cm³/mol. The molecule has 0 saturated heterocycles. The fourth-order valence-corrected chi connectivity index (χ4v) is 1.94. The number of fused-ring (bicyclic) bond motifs is 1. The van der Waals surface area contributed by atoms with Crippen LogP contribution in [0.3, 0.4) is 0 Å². The van der Waals surface area contributed by atoms with Gasteiger partial charge in [0.1, 0.15) is 0 Å². The summed E-state index contributed by atoms with van der Waals surface area (Å²) in [5.74, 6) is -0.211. The molecule has 0 radical (unpaired) electrons. The Morgan fingerprint density at radius 2 is 2.00 bits per heavy atom. The van der Waals surface area contributed by atoms with E-state index in [9.17, 15) is 9.59 Å². The maximum Gasteiger partial charge on any atom is 0.260 e. The van der Waals surface area contributed by atoms with Gasteiger partial charge in [0.25, 0.3) is 5.91 Å². The Morgan fingerprint density at radius 3 is 2.75 bits per heavy atom. The smallest absolute Gasteiger partial charge is 0.260 e. The van der Waals surface area contributed by atoms with Crippen molar-refractivity contribution in [3.8, 4) is 0 Å². The lowest BCUT2D eigenvalue weighted by Crippen LogP contribution is -2.42. The number of hydrogen-bond acceptors (Lipinski definition) is 2. The Labute approximate surface area is 95.1 Å². The highest BCUT2D eigenvalue weighted by Gasteiger charge is 2.29. The van der Waals surface area contributed by atoms with E-state index in [0.29, 0.717) is 18.5 Å². The highest BCUT2D eigenvalue weighted by atomic mass is 16.2. The maximum absolute atomic E-state index is 12.0. The quantitative estimate of drug-likeness (QED) is 0.726. The molecule has 0 bridgehead atoms. The van der Waals surface area contributed by atoms with Gasteiger partial charge >= 0.3 is 0 Å². The highest BCUT2D eigenvalue weighted by molar-refractivity contribution is 6.09. The number of imide groups is 1. The van der Waals surface area contributed by atoms with Gasteiger partial charge in [-0.05, 0) is 18.1 Å². The lowest BCUT2D eigenvalue weighted by Gasteiger charge is -2.26. The molecule has 16 heavy (non-hydrogen) atoms. The van der Waals surface area contributed by atoms with Crippen molar-refractivity contribution in [2.24, 2.45) is 0 Å². The lowest BCUT2D eigenvalue weighted by molar-refractivity contribution is -0.128. The van der Waals surface area contributed by atoms with Crippen LogP contribution in [0.1, 0.15) is 35.7 Å². The second-order valence-corrected chi connectivity index (χ2v) is 4.04. The summed E-state index contributed by atoms with van der Waals surface area (Å²) in [6.07, 6.45) is 2.21. The van der Waals surface area contributed by atoms with Crippen molar-refractivity contribution in [3.63, 3.8) is 0 Å². The topological polar surface area (TPSA) is 37.4 Å². The van der Waals surface area contributed by atoms with Crippen molar-refractivity contribution in [1.29, 1.82) is 0 Å². The molecule has 0 fully saturated rings. The van der Waals surface area contributed by atoms with Crippen LogP contribution < -0.4 is 0 Å². The summed E-state index contributed by atoms with van der Waals surface area (Å²) in [7, 11) is 0. The van der Waals surface area contributed by atoms with Crippen LogP contribution in [-0.4, -0.2) is 23.3 Å². The SMILES string of the molecule is CCCCN1C(=O)Cc2ccccc2C1=O. The number of unbranched alkanes of at least 4 members (excludes halogenated alkanes) is 1. The molecule has 0 atom stereocenters. The number of carbonyl (C=O) groups is 2. The van der Waals surface area contributed by atoms with Crippen molar-refractivity contribution in [2.75, 3.05) is 6.54 Å². The van der Waals surface area contributed by atoms with Crippen LogP contribution >= 0.6 is 0 Å². The van der Waals surface area contributed by atoms with Gasteiger partial charge in [0.05, 0.1) is 6.42 Å². The van der Waals surface area contributed by atoms with E-state index in [4.69, 9.17) is 0 Å². The molecule has 0 aliphatic carbocycles. The Kier molecular flexibility index (Phi) is 3.04. The Balaban J connectivity index is 2.27. The third kappa shape index (κ3) is 1.85. The molecule has 0 saturated carbocycles. The van der Waals surface area contributed by atoms with Gasteiger partial charge in [-0.3, -0.25) is 14.5 Å². The van der Waals surface area contributed by atoms with Gasteiger partial charge in [-0.25, -0.2) is 0 Å². The summed E-state index contributed by atoms with van der Waals surface area (Å²) in [6.45, 7) is 2.59. The second kappa shape index (κ2) is 4.47. The fourth-order valence-electron chi connectivity index (χ4n) is 1.94. The first-order valence-corrected chi connectivity index (χ1v) is 5.66. The molecule has 1 aliphatic rings. The molecule has 3 nitrogen and oxygen atoms in total. The third-order valence-electron chi connectivity index (χ3n) is 2.87. The zero-order chi connectivity index (χ0) is 11.5. The Morgan fingerprint density at radius 1 is 1.25 bits per heavy atom. The van der Waals surface area contributed by atoms with Crippen molar-refractivity contribution in [1.82, 2.24) is 4.90 Å². The predicted octanol–water partition coefficient (Wildman–Crippen LogP) is 2.01. The molecule has 0 spiro atoms. The standard InChI is InChI=1S/C13H15NO2/c1-2-3-8-14-12(15)9-10-6-4-5-7-11(10)13(14)16/h4-7H,2-3,8-9H2,1H3. The van der Waals surface area contributed by atoms with Crippen molar-refractivity contribution >= 4 is 11.8 Å². The fraction of sp³-hybridized carbons (Fsp3) is 0.385. The number of rotatable bonds is 3. The van der Waals surface area contributed by atoms with Crippen molar-refractivity contribution < 1.29 is 9.59 Å². The zero-order valence-electron chi connectivity index (χ0n) is 9.40. The summed E-state index contributed by atoms with van der Waals surface area (Å²) in [4.78, 5) is 25.2. The van der Waals surface area contributed by atoms with E-state index in [1.54, 1.807) is 6.07 Å². The molecule has 1 heterocycles. The van der Waals surface area contributed by atoms with E-state index < -0.39 is 0 Å². The van der Waals surface area contributed by atoms with Crippen LogP contribution in [0.4, 0.5) is 0 Å². The number of benzene rings is 1. The molecular weight excluding hydrogens is 202 g/mol. The van der Waals surface area contributed by atoms with E-state index in [1.807, 2.05) is 25.1 Å². The number of amides is 2. The van der Waals surface area contributed by atoms with E-state index in [2.05, 4.69) is 0 Å². The molecule has 1 aromatic rings. The van der Waals surface area contributed by atoms with Gasteiger partial charge in [0.15, 0.2) is 0 Å². The van der Waals surface area contributed by atoms with E-state index >= 15 is 0 Å². The summed E-state index contributed by atoms with van der Waals surface area (Å²) in [5, 5.41) is 0. The molecule has 0 unspecified atom stereocenters. The normalized spacial score (nSPS) is 15.2. The number of hydrogen-bond donors (Lipinski definition) is 0. The maximum atomic E-state index is 12.0. The summed E-state index contributed by atoms with van der Waals surface area (Å²) < 4.78 is 0. The molecule has 0 aromatic heterocycles. The van der Waals surface area contributed by atoms with Gasteiger partial charge in [0, 0.05) is 12.1 Å². The molecule has 1 aliphatic heterocycles. The largest absolute Gasteiger partial charge is 0.278 e. The molecule has 2 amide bonds. The van der Waals surface area contributed by atoms with Crippen LogP contribution in [0.25, 0.3) is 0 Å². The van der Waals surface area contributed by atoms with Crippen molar-refractivity contribution in [2.45, 2.75) is 26.2 Å². The van der Waals surface area contributed by atoms with Crippen LogP contribution in [-0.2, 0) is 11.2 Å². The first kappa shape index (κ1) is 10.9. The molecule has 2 rings (SSSR count). The van der Waals surface area contributed by atoms with Gasteiger partial charge in [-0.1, -0.05) is 31.5 Å². The summed E-state index contributed by atoms with van der Waals surface area (Å²) >= 11 is 0. The molecular formula is C13H15NO2. The van der Waals surface area contributed by atoms with Gasteiger partial charge in [-0.2, -0.15) is 0 Å². The average Bonchev–Trinajstić information content (AvgIpc) is 2.29. The molecule has 3 heteroatoms. The van der Waals surface area contributed by atoms with Crippen LogP contribution in [0.5, 0.6) is 0 Å². The molecule has 0 N–H and O–H groups in total. The summed E-state index contributed by atoms with van der Waals surface area (Å²) in [5.41, 5.74) is 1.53. The van der Waals surface area contributed by atoms with Crippen LogP contribution in [0.2, 0.25) is 0 Å². The number of nitrogens with zero attached hydrogens (tertiary/aromatic N) is 1. The van der Waals surface area contributed by atoms with Crippen LogP contribution in [0.15, 0.2) is 24.3 Å². The minimum atomic E-state index is -0.139. The summed E-state index contributed by atoms with van der Waals surface area (Å²) in [6, 6.07) is 7.34.